The van der Waals surface area contributed by atoms with Crippen LogP contribution in [-0.2, 0) is 11.0 Å². The first-order valence-electron chi connectivity index (χ1n) is 13.6. The first-order chi connectivity index (χ1) is 17.9. The molecule has 2 aliphatic carbocycles. The highest BCUT2D eigenvalue weighted by Gasteiger charge is 2.44. The average molecular weight is 521 g/mol. The quantitative estimate of drug-likeness (QED) is 0.436. The van der Waals surface area contributed by atoms with Crippen LogP contribution >= 0.6 is 0 Å². The molecule has 2 unspecified atom stereocenters. The zero-order chi connectivity index (χ0) is 25.6. The van der Waals surface area contributed by atoms with Crippen molar-refractivity contribution in [3.8, 4) is 17.1 Å². The zero-order valence-electron chi connectivity index (χ0n) is 21.7. The molecule has 0 bridgehead atoms. The second-order valence-electron chi connectivity index (χ2n) is 11.1. The number of hydrogen-bond acceptors (Lipinski definition) is 6. The molecule has 2 aromatic heterocycles. The lowest BCUT2D eigenvalue weighted by Gasteiger charge is -2.35. The minimum Gasteiger partial charge on any atom is -0.387 e. The summed E-state index contributed by atoms with van der Waals surface area (Å²) in [4.78, 5) is 7.21. The highest BCUT2D eigenvalue weighted by atomic mass is 32.2. The Balaban J connectivity index is 1.32. The van der Waals surface area contributed by atoms with Gasteiger partial charge in [-0.2, -0.15) is 0 Å². The fourth-order valence-electron chi connectivity index (χ4n) is 5.61. The maximum atomic E-state index is 12.2. The molecule has 6 rings (SSSR count). The Morgan fingerprint density at radius 3 is 2.57 bits per heavy atom. The number of pyridine rings is 1. The van der Waals surface area contributed by atoms with E-state index in [1.54, 1.807) is 0 Å². The minimum absolute atomic E-state index is 0.300. The van der Waals surface area contributed by atoms with Crippen LogP contribution in [0.5, 0.6) is 0 Å². The van der Waals surface area contributed by atoms with Crippen LogP contribution in [0.15, 0.2) is 36.5 Å². The summed E-state index contributed by atoms with van der Waals surface area (Å²) >= 11 is 0. The summed E-state index contributed by atoms with van der Waals surface area (Å²) in [6.45, 7) is 5.96. The Kier molecular flexibility index (Phi) is 6.52. The van der Waals surface area contributed by atoms with Crippen LogP contribution in [0.3, 0.4) is 0 Å². The van der Waals surface area contributed by atoms with Crippen molar-refractivity contribution in [2.45, 2.75) is 64.9 Å². The standard InChI is InChI=1S/C28H36N6O2S/c1-3-37(36)31-21-7-8-25(26(17-21)33-13-11-28(9-10-28)12-14-33)34-18-24(30-32-34)22-15-19(2)16-23(29-22)27(35)20-5-4-6-20/h7-8,15-18,20,27,31,35H,3-6,9-14H2,1-2H3. The topological polar surface area (TPSA) is 96.2 Å². The van der Waals surface area contributed by atoms with Gasteiger partial charge in [-0.05, 0) is 92.7 Å². The number of aryl methyl sites for hydroxylation is 1. The van der Waals surface area contributed by atoms with Gasteiger partial charge in [0.15, 0.2) is 0 Å². The molecule has 2 atom stereocenters. The molecule has 9 heteroatoms. The summed E-state index contributed by atoms with van der Waals surface area (Å²) in [5.41, 5.74) is 6.62. The summed E-state index contributed by atoms with van der Waals surface area (Å²) in [7, 11) is -1.11. The van der Waals surface area contributed by atoms with E-state index >= 15 is 0 Å². The van der Waals surface area contributed by atoms with Gasteiger partial charge in [-0.1, -0.05) is 18.6 Å². The van der Waals surface area contributed by atoms with E-state index < -0.39 is 17.1 Å². The van der Waals surface area contributed by atoms with Crippen molar-refractivity contribution in [2.24, 2.45) is 11.3 Å². The van der Waals surface area contributed by atoms with Crippen LogP contribution in [0.25, 0.3) is 17.1 Å². The van der Waals surface area contributed by atoms with Crippen LogP contribution in [0.4, 0.5) is 11.4 Å². The minimum atomic E-state index is -1.11. The fraction of sp³-hybridized carbons (Fsp3) is 0.536. The van der Waals surface area contributed by atoms with Crippen LogP contribution in [0.1, 0.15) is 69.2 Å². The lowest BCUT2D eigenvalue weighted by Crippen LogP contribution is -2.35. The van der Waals surface area contributed by atoms with Gasteiger partial charge < -0.3 is 14.7 Å². The first kappa shape index (κ1) is 24.6. The molecule has 1 aliphatic heterocycles. The van der Waals surface area contributed by atoms with Crippen LogP contribution in [0.2, 0.25) is 0 Å². The van der Waals surface area contributed by atoms with Crippen LogP contribution in [0, 0.1) is 18.3 Å². The van der Waals surface area contributed by atoms with Gasteiger partial charge in [-0.25, -0.2) is 13.9 Å². The summed E-state index contributed by atoms with van der Waals surface area (Å²) in [6, 6.07) is 10.0. The molecule has 8 nitrogen and oxygen atoms in total. The van der Waals surface area contributed by atoms with Gasteiger partial charge in [0, 0.05) is 24.5 Å². The van der Waals surface area contributed by atoms with E-state index in [-0.39, 0.29) is 0 Å². The number of benzene rings is 1. The Bertz CT molecular complexity index is 1310. The maximum Gasteiger partial charge on any atom is 0.131 e. The van der Waals surface area contributed by atoms with E-state index in [4.69, 9.17) is 4.98 Å². The van der Waals surface area contributed by atoms with Crippen molar-refractivity contribution < 1.29 is 9.32 Å². The molecule has 37 heavy (non-hydrogen) atoms. The number of hydrogen-bond donors (Lipinski definition) is 2. The molecule has 0 radical (unpaired) electrons. The molecule has 1 aromatic carbocycles. The van der Waals surface area contributed by atoms with Gasteiger partial charge in [0.2, 0.25) is 0 Å². The molecular formula is C28H36N6O2S. The maximum absolute atomic E-state index is 12.2. The van der Waals surface area contributed by atoms with E-state index in [0.29, 0.717) is 22.8 Å². The van der Waals surface area contributed by atoms with Crippen LogP contribution in [-0.4, -0.2) is 48.1 Å². The Hall–Kier alpha value is -2.78. The van der Waals surface area contributed by atoms with Crippen molar-refractivity contribution in [1.82, 2.24) is 20.0 Å². The fourth-order valence-corrected chi connectivity index (χ4v) is 6.14. The molecular weight excluding hydrogens is 484 g/mol. The van der Waals surface area contributed by atoms with Crippen molar-refractivity contribution in [2.75, 3.05) is 28.5 Å². The summed E-state index contributed by atoms with van der Waals surface area (Å²) < 4.78 is 17.1. The average Bonchev–Trinajstić information content (AvgIpc) is 3.43. The number of piperidine rings is 1. The molecule has 1 spiro atoms. The third-order valence-electron chi connectivity index (χ3n) is 8.48. The highest BCUT2D eigenvalue weighted by Crippen LogP contribution is 2.54. The molecule has 3 aromatic rings. The van der Waals surface area contributed by atoms with Gasteiger partial charge in [0.1, 0.15) is 16.7 Å². The predicted octanol–water partition coefficient (Wildman–Crippen LogP) is 4.95. The first-order valence-corrected chi connectivity index (χ1v) is 14.9. The smallest absolute Gasteiger partial charge is 0.131 e. The second kappa shape index (κ2) is 9.83. The highest BCUT2D eigenvalue weighted by molar-refractivity contribution is 7.86. The van der Waals surface area contributed by atoms with Gasteiger partial charge in [-0.15, -0.1) is 5.10 Å². The Labute approximate surface area is 221 Å². The van der Waals surface area contributed by atoms with E-state index in [0.717, 1.165) is 59.9 Å². The number of anilines is 2. The Morgan fingerprint density at radius 2 is 1.89 bits per heavy atom. The molecule has 1 saturated heterocycles. The molecule has 3 aliphatic rings. The molecule has 3 heterocycles. The molecule has 0 amide bonds. The normalized spacial score (nSPS) is 20.5. The zero-order valence-corrected chi connectivity index (χ0v) is 22.5. The predicted molar refractivity (Wildman–Crippen MR) is 147 cm³/mol. The Morgan fingerprint density at radius 1 is 1.11 bits per heavy atom. The number of nitrogens with one attached hydrogen (secondary N) is 1. The van der Waals surface area contributed by atoms with Gasteiger partial charge in [0.05, 0.1) is 35.1 Å². The molecule has 2 N–H and O–H groups in total. The summed E-state index contributed by atoms with van der Waals surface area (Å²) in [5.74, 6) is 0.852. The molecule has 2 saturated carbocycles. The van der Waals surface area contributed by atoms with E-state index in [1.165, 1.54) is 32.1 Å². The van der Waals surface area contributed by atoms with E-state index in [9.17, 15) is 9.32 Å². The molecule has 196 valence electrons. The van der Waals surface area contributed by atoms with Gasteiger partial charge in [0.25, 0.3) is 0 Å². The van der Waals surface area contributed by atoms with Crippen molar-refractivity contribution in [3.05, 3.63) is 47.8 Å². The number of aliphatic hydroxyl groups is 1. The van der Waals surface area contributed by atoms with E-state index in [2.05, 4.69) is 26.0 Å². The lowest BCUT2D eigenvalue weighted by atomic mass is 9.80. The van der Waals surface area contributed by atoms with E-state index in [1.807, 2.05) is 49.0 Å². The summed E-state index contributed by atoms with van der Waals surface area (Å²) in [5, 5.41) is 19.8. The van der Waals surface area contributed by atoms with Crippen molar-refractivity contribution in [1.29, 1.82) is 0 Å². The monoisotopic (exact) mass is 520 g/mol. The summed E-state index contributed by atoms with van der Waals surface area (Å²) in [6.07, 6.45) is 9.83. The number of aliphatic hydroxyl groups excluding tert-OH is 1. The SMILES string of the molecule is CCS(=O)Nc1ccc(-n2cc(-c3cc(C)cc(C(O)C4CCC4)n3)nn2)c(N2CCC3(CC2)CC3)c1. The molecule has 3 fully saturated rings. The third kappa shape index (κ3) is 5.03. The number of nitrogens with zero attached hydrogens (tertiary/aromatic N) is 5. The van der Waals surface area contributed by atoms with Gasteiger partial charge >= 0.3 is 0 Å². The van der Waals surface area contributed by atoms with Crippen molar-refractivity contribution in [3.63, 3.8) is 0 Å². The number of rotatable bonds is 8. The third-order valence-corrected chi connectivity index (χ3v) is 9.47. The van der Waals surface area contributed by atoms with Crippen LogP contribution < -0.4 is 9.62 Å². The van der Waals surface area contributed by atoms with Gasteiger partial charge in [-0.3, -0.25) is 0 Å². The lowest BCUT2D eigenvalue weighted by molar-refractivity contribution is 0.0587. The van der Waals surface area contributed by atoms with Crippen molar-refractivity contribution >= 4 is 22.4 Å². The second-order valence-corrected chi connectivity index (χ2v) is 12.5. The number of aromatic nitrogens is 4. The largest absolute Gasteiger partial charge is 0.387 e.